The Hall–Kier alpha value is -1.53. The zero-order chi connectivity index (χ0) is 15.2. The third-order valence-corrected chi connectivity index (χ3v) is 4.24. The van der Waals surface area contributed by atoms with Crippen LogP contribution in [0.5, 0.6) is 0 Å². The topological polar surface area (TPSA) is 62.7 Å². The first-order chi connectivity index (χ1) is 10.2. The minimum absolute atomic E-state index is 0.139. The molecule has 0 radical (unpaired) electrons. The molecule has 114 valence electrons. The van der Waals surface area contributed by atoms with Gasteiger partial charge < -0.3 is 5.32 Å². The van der Waals surface area contributed by atoms with E-state index in [1.807, 2.05) is 6.92 Å². The molecule has 5 nitrogen and oxygen atoms in total. The molecule has 0 saturated carbocycles. The van der Waals surface area contributed by atoms with E-state index in [9.17, 15) is 4.79 Å². The standard InChI is InChI=1S/C15H22N4OS/c1-4-8-19-14(20)17-18-15(19)21-13-7-6-12(10-16-5-2)11(3)9-13/h6-7,9,16H,4-5,8,10H2,1-3H3,(H,17,20). The maximum absolute atomic E-state index is 11.7. The van der Waals surface area contributed by atoms with Crippen LogP contribution in [0.25, 0.3) is 0 Å². The molecule has 0 aliphatic heterocycles. The van der Waals surface area contributed by atoms with Crippen molar-refractivity contribution in [3.05, 3.63) is 39.8 Å². The number of hydrogen-bond acceptors (Lipinski definition) is 4. The Bertz CT molecular complexity index is 647. The maximum Gasteiger partial charge on any atom is 0.343 e. The highest BCUT2D eigenvalue weighted by Gasteiger charge is 2.10. The summed E-state index contributed by atoms with van der Waals surface area (Å²) in [5.41, 5.74) is 2.41. The van der Waals surface area contributed by atoms with E-state index < -0.39 is 0 Å². The van der Waals surface area contributed by atoms with E-state index in [1.54, 1.807) is 4.57 Å². The maximum atomic E-state index is 11.7. The first kappa shape index (κ1) is 15.9. The van der Waals surface area contributed by atoms with Gasteiger partial charge in [-0.1, -0.05) is 19.9 Å². The molecule has 0 amide bonds. The fourth-order valence-electron chi connectivity index (χ4n) is 2.10. The molecular formula is C15H22N4OS. The predicted octanol–water partition coefficient (Wildman–Crippen LogP) is 2.55. The summed E-state index contributed by atoms with van der Waals surface area (Å²) >= 11 is 1.52. The van der Waals surface area contributed by atoms with Crippen LogP contribution in [0.3, 0.4) is 0 Å². The van der Waals surface area contributed by atoms with Crippen molar-refractivity contribution in [1.29, 1.82) is 0 Å². The molecule has 0 fully saturated rings. The SMILES string of the molecule is CCCn1c(Sc2ccc(CNCC)c(C)c2)n[nH]c1=O. The quantitative estimate of drug-likeness (QED) is 0.825. The van der Waals surface area contributed by atoms with E-state index in [0.29, 0.717) is 6.54 Å². The highest BCUT2D eigenvalue weighted by Crippen LogP contribution is 2.27. The molecule has 1 heterocycles. The first-order valence-electron chi connectivity index (χ1n) is 7.29. The smallest absolute Gasteiger partial charge is 0.313 e. The van der Waals surface area contributed by atoms with E-state index in [-0.39, 0.29) is 5.69 Å². The molecule has 0 saturated heterocycles. The number of aromatic amines is 1. The molecular weight excluding hydrogens is 284 g/mol. The van der Waals surface area contributed by atoms with Gasteiger partial charge in [-0.15, -0.1) is 5.10 Å². The zero-order valence-corrected chi connectivity index (χ0v) is 13.6. The second kappa shape index (κ2) is 7.47. The Morgan fingerprint density at radius 2 is 2.19 bits per heavy atom. The van der Waals surface area contributed by atoms with Gasteiger partial charge in [0.2, 0.25) is 0 Å². The lowest BCUT2D eigenvalue weighted by molar-refractivity contribution is 0.604. The zero-order valence-electron chi connectivity index (χ0n) is 12.8. The lowest BCUT2D eigenvalue weighted by atomic mass is 10.1. The minimum Gasteiger partial charge on any atom is -0.313 e. The van der Waals surface area contributed by atoms with Crippen LogP contribution in [0.1, 0.15) is 31.4 Å². The predicted molar refractivity (Wildman–Crippen MR) is 85.8 cm³/mol. The molecule has 1 aromatic carbocycles. The van der Waals surface area contributed by atoms with E-state index in [2.05, 4.69) is 47.6 Å². The number of H-pyrrole nitrogens is 1. The number of aryl methyl sites for hydroxylation is 1. The van der Waals surface area contributed by atoms with Gasteiger partial charge in [0.25, 0.3) is 0 Å². The molecule has 0 aliphatic rings. The van der Waals surface area contributed by atoms with Crippen molar-refractivity contribution in [1.82, 2.24) is 20.1 Å². The van der Waals surface area contributed by atoms with Crippen molar-refractivity contribution in [2.45, 2.75) is 50.3 Å². The molecule has 2 rings (SSSR count). The fraction of sp³-hybridized carbons (Fsp3) is 0.467. The minimum atomic E-state index is -0.139. The fourth-order valence-corrected chi connectivity index (χ4v) is 3.06. The lowest BCUT2D eigenvalue weighted by Crippen LogP contribution is -2.17. The number of aromatic nitrogens is 3. The number of benzene rings is 1. The Labute approximate surface area is 129 Å². The molecule has 2 aromatic rings. The van der Waals surface area contributed by atoms with Gasteiger partial charge >= 0.3 is 5.69 Å². The van der Waals surface area contributed by atoms with E-state index in [0.717, 1.165) is 29.6 Å². The number of nitrogens with one attached hydrogen (secondary N) is 2. The van der Waals surface area contributed by atoms with Crippen LogP contribution in [-0.4, -0.2) is 21.3 Å². The van der Waals surface area contributed by atoms with Gasteiger partial charge in [-0.05, 0) is 54.9 Å². The largest absolute Gasteiger partial charge is 0.343 e. The van der Waals surface area contributed by atoms with Crippen molar-refractivity contribution >= 4 is 11.8 Å². The molecule has 0 atom stereocenters. The molecule has 2 N–H and O–H groups in total. The Kier molecular flexibility index (Phi) is 5.64. The van der Waals surface area contributed by atoms with Gasteiger partial charge in [-0.25, -0.2) is 9.89 Å². The third kappa shape index (κ3) is 3.98. The van der Waals surface area contributed by atoms with Crippen LogP contribution in [0.4, 0.5) is 0 Å². The van der Waals surface area contributed by atoms with Crippen molar-refractivity contribution in [3.63, 3.8) is 0 Å². The highest BCUT2D eigenvalue weighted by molar-refractivity contribution is 7.99. The van der Waals surface area contributed by atoms with Crippen LogP contribution < -0.4 is 11.0 Å². The monoisotopic (exact) mass is 306 g/mol. The Balaban J connectivity index is 2.17. The van der Waals surface area contributed by atoms with Crippen molar-refractivity contribution in [3.8, 4) is 0 Å². The van der Waals surface area contributed by atoms with Gasteiger partial charge in [-0.2, -0.15) is 0 Å². The summed E-state index contributed by atoms with van der Waals surface area (Å²) in [7, 11) is 0. The summed E-state index contributed by atoms with van der Waals surface area (Å²) in [5.74, 6) is 0. The molecule has 1 aromatic heterocycles. The molecule has 0 bridgehead atoms. The van der Waals surface area contributed by atoms with Crippen LogP contribution in [0, 0.1) is 6.92 Å². The van der Waals surface area contributed by atoms with Crippen LogP contribution in [0.15, 0.2) is 33.0 Å². The average molecular weight is 306 g/mol. The lowest BCUT2D eigenvalue weighted by Gasteiger charge is -2.09. The van der Waals surface area contributed by atoms with Gasteiger partial charge in [-0.3, -0.25) is 4.57 Å². The third-order valence-electron chi connectivity index (χ3n) is 3.26. The molecule has 21 heavy (non-hydrogen) atoms. The summed E-state index contributed by atoms with van der Waals surface area (Å²) in [6, 6.07) is 6.36. The average Bonchev–Trinajstić information content (AvgIpc) is 2.80. The van der Waals surface area contributed by atoms with Crippen molar-refractivity contribution in [2.24, 2.45) is 0 Å². The number of hydrogen-bond donors (Lipinski definition) is 2. The first-order valence-corrected chi connectivity index (χ1v) is 8.10. The Morgan fingerprint density at radius 3 is 2.86 bits per heavy atom. The summed E-state index contributed by atoms with van der Waals surface area (Å²) in [6.45, 7) is 8.80. The molecule has 0 aliphatic carbocycles. The van der Waals surface area contributed by atoms with Gasteiger partial charge in [0, 0.05) is 18.0 Å². The Morgan fingerprint density at radius 1 is 1.38 bits per heavy atom. The summed E-state index contributed by atoms with van der Waals surface area (Å²) in [5, 5.41) is 10.7. The highest BCUT2D eigenvalue weighted by atomic mass is 32.2. The van der Waals surface area contributed by atoms with E-state index >= 15 is 0 Å². The second-order valence-electron chi connectivity index (χ2n) is 4.93. The van der Waals surface area contributed by atoms with Gasteiger partial charge in [0.15, 0.2) is 5.16 Å². The van der Waals surface area contributed by atoms with Crippen LogP contribution in [0.2, 0.25) is 0 Å². The van der Waals surface area contributed by atoms with Crippen LogP contribution in [-0.2, 0) is 13.1 Å². The van der Waals surface area contributed by atoms with Crippen LogP contribution >= 0.6 is 11.8 Å². The summed E-state index contributed by atoms with van der Waals surface area (Å²) in [4.78, 5) is 12.8. The molecule has 0 spiro atoms. The van der Waals surface area contributed by atoms with Crippen molar-refractivity contribution in [2.75, 3.05) is 6.54 Å². The number of rotatable bonds is 7. The van der Waals surface area contributed by atoms with Crippen molar-refractivity contribution < 1.29 is 0 Å². The summed E-state index contributed by atoms with van der Waals surface area (Å²) < 4.78 is 1.69. The molecule has 0 unspecified atom stereocenters. The second-order valence-corrected chi connectivity index (χ2v) is 5.97. The number of nitrogens with zero attached hydrogens (tertiary/aromatic N) is 2. The molecule has 6 heteroatoms. The summed E-state index contributed by atoms with van der Waals surface area (Å²) in [6.07, 6.45) is 0.910. The van der Waals surface area contributed by atoms with E-state index in [1.165, 1.54) is 22.9 Å². The van der Waals surface area contributed by atoms with Gasteiger partial charge in [0.05, 0.1) is 0 Å². The van der Waals surface area contributed by atoms with E-state index in [4.69, 9.17) is 0 Å². The van der Waals surface area contributed by atoms with Gasteiger partial charge in [0.1, 0.15) is 0 Å². The normalized spacial score (nSPS) is 11.0.